The van der Waals surface area contributed by atoms with Crippen LogP contribution in [0.1, 0.15) is 0 Å². The summed E-state index contributed by atoms with van der Waals surface area (Å²) in [5, 5.41) is 3.68. The average Bonchev–Trinajstić information content (AvgIpc) is 2.93. The Morgan fingerprint density at radius 2 is 1.57 bits per heavy atom. The monoisotopic (exact) mass is 290 g/mol. The lowest BCUT2D eigenvalue weighted by atomic mass is 10.1. The van der Waals surface area contributed by atoms with Crippen LogP contribution in [-0.2, 0) is 0 Å². The van der Waals surface area contributed by atoms with Crippen molar-refractivity contribution in [2.75, 3.05) is 6.26 Å². The molecule has 0 fully saturated rings. The normalized spacial score (nSPS) is 11.3. The van der Waals surface area contributed by atoms with Gasteiger partial charge in [0.05, 0.1) is 4.90 Å². The van der Waals surface area contributed by atoms with E-state index in [1.54, 1.807) is 11.8 Å². The van der Waals surface area contributed by atoms with E-state index in [0.717, 1.165) is 16.9 Å². The van der Waals surface area contributed by atoms with Gasteiger partial charge in [-0.2, -0.15) is 0 Å². The van der Waals surface area contributed by atoms with Crippen molar-refractivity contribution in [2.24, 2.45) is 0 Å². The molecule has 4 rings (SSSR count). The van der Waals surface area contributed by atoms with Crippen molar-refractivity contribution in [3.05, 3.63) is 66.7 Å². The molecular formula is C19H14OS. The highest BCUT2D eigenvalue weighted by atomic mass is 32.2. The van der Waals surface area contributed by atoms with E-state index < -0.39 is 0 Å². The van der Waals surface area contributed by atoms with E-state index in [-0.39, 0.29) is 0 Å². The van der Waals surface area contributed by atoms with Gasteiger partial charge < -0.3 is 4.42 Å². The number of hydrogen-bond acceptors (Lipinski definition) is 2. The minimum Gasteiger partial charge on any atom is -0.455 e. The maximum Gasteiger partial charge on any atom is 0.148 e. The second-order valence-corrected chi connectivity index (χ2v) is 5.84. The quantitative estimate of drug-likeness (QED) is 0.422. The first-order valence-corrected chi connectivity index (χ1v) is 8.14. The summed E-state index contributed by atoms with van der Waals surface area (Å²) in [4.78, 5) is 1.21. The topological polar surface area (TPSA) is 13.1 Å². The third-order valence-corrected chi connectivity index (χ3v) is 4.58. The van der Waals surface area contributed by atoms with Gasteiger partial charge in [-0.05, 0) is 35.2 Å². The Bertz CT molecular complexity index is 937. The predicted octanol–water partition coefficient (Wildman–Crippen LogP) is 5.97. The third-order valence-electron chi connectivity index (χ3n) is 3.77. The maximum absolute atomic E-state index is 6.10. The van der Waals surface area contributed by atoms with Crippen molar-refractivity contribution >= 4 is 33.5 Å². The first-order chi connectivity index (χ1) is 10.4. The van der Waals surface area contributed by atoms with Crippen molar-refractivity contribution in [1.29, 1.82) is 0 Å². The third kappa shape index (κ3) is 2.03. The number of para-hydroxylation sites is 1. The van der Waals surface area contributed by atoms with Gasteiger partial charge in [0.25, 0.3) is 0 Å². The SMILES string of the molecule is CSc1c(-c2ccc3ccccc3c2)oc2ccccc12. The number of rotatable bonds is 2. The molecule has 0 aliphatic carbocycles. The second-order valence-electron chi connectivity index (χ2n) is 5.02. The fourth-order valence-electron chi connectivity index (χ4n) is 2.75. The van der Waals surface area contributed by atoms with Crippen molar-refractivity contribution < 1.29 is 4.42 Å². The Kier molecular flexibility index (Phi) is 2.97. The van der Waals surface area contributed by atoms with Gasteiger partial charge in [-0.25, -0.2) is 0 Å². The summed E-state index contributed by atoms with van der Waals surface area (Å²) in [5.74, 6) is 0.967. The van der Waals surface area contributed by atoms with Crippen molar-refractivity contribution in [2.45, 2.75) is 4.90 Å². The first-order valence-electron chi connectivity index (χ1n) is 6.91. The molecule has 102 valence electrons. The van der Waals surface area contributed by atoms with Crippen molar-refractivity contribution in [1.82, 2.24) is 0 Å². The van der Waals surface area contributed by atoms with Crippen LogP contribution in [0.4, 0.5) is 0 Å². The smallest absolute Gasteiger partial charge is 0.148 e. The highest BCUT2D eigenvalue weighted by molar-refractivity contribution is 7.99. The minimum absolute atomic E-state index is 0.949. The van der Waals surface area contributed by atoms with E-state index in [0.29, 0.717) is 0 Å². The van der Waals surface area contributed by atoms with Crippen molar-refractivity contribution in [3.63, 3.8) is 0 Å². The average molecular weight is 290 g/mol. The Morgan fingerprint density at radius 3 is 2.43 bits per heavy atom. The van der Waals surface area contributed by atoms with Crippen LogP contribution in [0.25, 0.3) is 33.1 Å². The van der Waals surface area contributed by atoms with Crippen LogP contribution in [0.2, 0.25) is 0 Å². The summed E-state index contributed by atoms with van der Waals surface area (Å²) in [5.41, 5.74) is 2.08. The molecule has 2 heteroatoms. The molecule has 0 saturated carbocycles. The molecule has 0 N–H and O–H groups in total. The zero-order chi connectivity index (χ0) is 14.2. The predicted molar refractivity (Wildman–Crippen MR) is 90.9 cm³/mol. The summed E-state index contributed by atoms with van der Waals surface area (Å²) in [7, 11) is 0. The molecule has 0 aliphatic rings. The van der Waals surface area contributed by atoms with E-state index in [9.17, 15) is 0 Å². The van der Waals surface area contributed by atoms with E-state index in [2.05, 4.69) is 60.9 Å². The van der Waals surface area contributed by atoms with E-state index in [1.807, 2.05) is 12.1 Å². The van der Waals surface area contributed by atoms with Gasteiger partial charge in [-0.1, -0.05) is 48.5 Å². The zero-order valence-electron chi connectivity index (χ0n) is 11.7. The fraction of sp³-hybridized carbons (Fsp3) is 0.0526. The number of benzene rings is 3. The van der Waals surface area contributed by atoms with Gasteiger partial charge in [0.1, 0.15) is 11.3 Å². The standard InChI is InChI=1S/C19H14OS/c1-21-19-16-8-4-5-9-17(16)20-18(19)15-11-10-13-6-2-3-7-14(13)12-15/h2-12H,1H3. The Balaban J connectivity index is 1.99. The lowest BCUT2D eigenvalue weighted by Crippen LogP contribution is -1.78. The van der Waals surface area contributed by atoms with E-state index >= 15 is 0 Å². The number of fused-ring (bicyclic) bond motifs is 2. The van der Waals surface area contributed by atoms with Crippen LogP contribution in [-0.4, -0.2) is 6.26 Å². The van der Waals surface area contributed by atoms with Crippen LogP contribution in [0.3, 0.4) is 0 Å². The summed E-state index contributed by atoms with van der Waals surface area (Å²) >= 11 is 1.74. The van der Waals surface area contributed by atoms with Crippen molar-refractivity contribution in [3.8, 4) is 11.3 Å². The molecule has 0 spiro atoms. The summed E-state index contributed by atoms with van der Waals surface area (Å²) in [6.07, 6.45) is 2.10. The number of thioether (sulfide) groups is 1. The Labute approximate surface area is 127 Å². The van der Waals surface area contributed by atoms with Crippen LogP contribution in [0, 0.1) is 0 Å². The lowest BCUT2D eigenvalue weighted by Gasteiger charge is -2.03. The zero-order valence-corrected chi connectivity index (χ0v) is 12.5. The van der Waals surface area contributed by atoms with E-state index in [4.69, 9.17) is 4.42 Å². The molecule has 4 aromatic rings. The van der Waals surface area contributed by atoms with Gasteiger partial charge in [0, 0.05) is 10.9 Å². The molecule has 0 saturated heterocycles. The summed E-state index contributed by atoms with van der Waals surface area (Å²) in [6, 6.07) is 23.1. The first kappa shape index (κ1) is 12.5. The fourth-order valence-corrected chi connectivity index (χ4v) is 3.48. The molecule has 0 unspecified atom stereocenters. The number of furan rings is 1. The lowest BCUT2D eigenvalue weighted by molar-refractivity contribution is 0.625. The summed E-state index contributed by atoms with van der Waals surface area (Å²) in [6.45, 7) is 0. The minimum atomic E-state index is 0.949. The molecule has 0 amide bonds. The van der Waals surface area contributed by atoms with Gasteiger partial charge in [0.15, 0.2) is 0 Å². The molecular weight excluding hydrogens is 276 g/mol. The Hall–Kier alpha value is -2.19. The molecule has 0 bridgehead atoms. The maximum atomic E-state index is 6.10. The highest BCUT2D eigenvalue weighted by Gasteiger charge is 2.14. The van der Waals surface area contributed by atoms with Gasteiger partial charge in [-0.15, -0.1) is 11.8 Å². The molecule has 0 aliphatic heterocycles. The molecule has 1 heterocycles. The molecule has 0 atom stereocenters. The largest absolute Gasteiger partial charge is 0.455 e. The Morgan fingerprint density at radius 1 is 0.810 bits per heavy atom. The molecule has 0 radical (unpaired) electrons. The summed E-state index contributed by atoms with van der Waals surface area (Å²) < 4.78 is 6.10. The molecule has 3 aromatic carbocycles. The van der Waals surface area contributed by atoms with E-state index in [1.165, 1.54) is 21.1 Å². The second kappa shape index (κ2) is 4.97. The van der Waals surface area contributed by atoms with Gasteiger partial charge >= 0.3 is 0 Å². The van der Waals surface area contributed by atoms with Gasteiger partial charge in [-0.3, -0.25) is 0 Å². The van der Waals surface area contributed by atoms with Gasteiger partial charge in [0.2, 0.25) is 0 Å². The van der Waals surface area contributed by atoms with Crippen LogP contribution < -0.4 is 0 Å². The molecule has 1 nitrogen and oxygen atoms in total. The van der Waals surface area contributed by atoms with Crippen LogP contribution >= 0.6 is 11.8 Å². The van der Waals surface area contributed by atoms with Crippen LogP contribution in [0.15, 0.2) is 76.0 Å². The number of hydrogen-bond donors (Lipinski definition) is 0. The van der Waals surface area contributed by atoms with Crippen LogP contribution in [0.5, 0.6) is 0 Å². The molecule has 21 heavy (non-hydrogen) atoms. The molecule has 1 aromatic heterocycles. The highest BCUT2D eigenvalue weighted by Crippen LogP contribution is 2.39.